The lowest BCUT2D eigenvalue weighted by molar-refractivity contribution is 0.136. The molecule has 0 saturated heterocycles. The molecular formula is C9H10Cl2O. The van der Waals surface area contributed by atoms with Crippen molar-refractivity contribution in [1.29, 1.82) is 0 Å². The maximum absolute atomic E-state index is 5.78. The van der Waals surface area contributed by atoms with Gasteiger partial charge >= 0.3 is 0 Å². The second-order valence-electron chi connectivity index (χ2n) is 2.37. The zero-order chi connectivity index (χ0) is 8.81. The van der Waals surface area contributed by atoms with Crippen molar-refractivity contribution < 1.29 is 4.74 Å². The van der Waals surface area contributed by atoms with Crippen LogP contribution in [0.4, 0.5) is 0 Å². The van der Waals surface area contributed by atoms with E-state index in [0.717, 1.165) is 10.6 Å². The molecule has 0 atom stereocenters. The van der Waals surface area contributed by atoms with Crippen molar-refractivity contribution in [3.8, 4) is 0 Å². The molecule has 0 aliphatic heterocycles. The van der Waals surface area contributed by atoms with Crippen LogP contribution in [0.2, 0.25) is 5.02 Å². The van der Waals surface area contributed by atoms with Gasteiger partial charge in [0.1, 0.15) is 0 Å². The molecule has 0 aliphatic rings. The first-order chi connectivity index (χ1) is 5.83. The highest BCUT2D eigenvalue weighted by atomic mass is 35.5. The summed E-state index contributed by atoms with van der Waals surface area (Å²) in [6.07, 6.45) is 0. The Morgan fingerprint density at radius 3 is 2.83 bits per heavy atom. The standard InChI is InChI=1S/C9H10Cl2O/c10-4-5-12-7-8-2-1-3-9(11)6-8/h1-3,6H,4-5,7H2. The molecule has 12 heavy (non-hydrogen) atoms. The largest absolute Gasteiger partial charge is 0.376 e. The van der Waals surface area contributed by atoms with Crippen molar-refractivity contribution in [3.05, 3.63) is 34.9 Å². The normalized spacial score (nSPS) is 10.2. The topological polar surface area (TPSA) is 9.23 Å². The van der Waals surface area contributed by atoms with Gasteiger partial charge in [-0.15, -0.1) is 11.6 Å². The molecule has 0 aliphatic carbocycles. The van der Waals surface area contributed by atoms with Gasteiger partial charge in [-0.1, -0.05) is 23.7 Å². The molecule has 3 heteroatoms. The minimum Gasteiger partial charge on any atom is -0.376 e. The summed E-state index contributed by atoms with van der Waals surface area (Å²) in [5, 5.41) is 0.738. The maximum atomic E-state index is 5.78. The van der Waals surface area contributed by atoms with E-state index in [9.17, 15) is 0 Å². The third-order valence-electron chi connectivity index (χ3n) is 1.38. The van der Waals surface area contributed by atoms with Crippen molar-refractivity contribution in [2.24, 2.45) is 0 Å². The number of halogens is 2. The number of hydrogen-bond acceptors (Lipinski definition) is 1. The van der Waals surface area contributed by atoms with E-state index in [4.69, 9.17) is 27.9 Å². The Balaban J connectivity index is 2.41. The molecule has 66 valence electrons. The van der Waals surface area contributed by atoms with E-state index in [0.29, 0.717) is 19.1 Å². The molecule has 0 fully saturated rings. The van der Waals surface area contributed by atoms with Gasteiger partial charge in [0, 0.05) is 10.9 Å². The van der Waals surface area contributed by atoms with Gasteiger partial charge in [-0.2, -0.15) is 0 Å². The first kappa shape index (κ1) is 9.85. The van der Waals surface area contributed by atoms with Crippen LogP contribution in [-0.2, 0) is 11.3 Å². The van der Waals surface area contributed by atoms with E-state index in [1.54, 1.807) is 0 Å². The quantitative estimate of drug-likeness (QED) is 0.542. The maximum Gasteiger partial charge on any atom is 0.0717 e. The summed E-state index contributed by atoms with van der Waals surface area (Å²) in [6, 6.07) is 7.60. The molecule has 0 amide bonds. The van der Waals surface area contributed by atoms with Crippen molar-refractivity contribution in [2.75, 3.05) is 12.5 Å². The second kappa shape index (κ2) is 5.41. The van der Waals surface area contributed by atoms with Gasteiger partial charge in [0.15, 0.2) is 0 Å². The molecule has 1 nitrogen and oxygen atoms in total. The van der Waals surface area contributed by atoms with Crippen molar-refractivity contribution >= 4 is 23.2 Å². The fourth-order valence-electron chi connectivity index (χ4n) is 0.871. The van der Waals surface area contributed by atoms with Gasteiger partial charge in [-0.05, 0) is 17.7 Å². The van der Waals surface area contributed by atoms with E-state index in [1.807, 2.05) is 24.3 Å². The van der Waals surface area contributed by atoms with E-state index in [1.165, 1.54) is 0 Å². The molecule has 0 spiro atoms. The number of hydrogen-bond donors (Lipinski definition) is 0. The van der Waals surface area contributed by atoms with Crippen LogP contribution in [-0.4, -0.2) is 12.5 Å². The highest BCUT2D eigenvalue weighted by Crippen LogP contribution is 2.11. The summed E-state index contributed by atoms with van der Waals surface area (Å²) in [5.41, 5.74) is 1.08. The first-order valence-corrected chi connectivity index (χ1v) is 4.62. The molecule has 1 rings (SSSR count). The van der Waals surface area contributed by atoms with Gasteiger partial charge in [-0.25, -0.2) is 0 Å². The summed E-state index contributed by atoms with van der Waals surface area (Å²) in [4.78, 5) is 0. The van der Waals surface area contributed by atoms with Crippen molar-refractivity contribution in [1.82, 2.24) is 0 Å². The van der Waals surface area contributed by atoms with Crippen LogP contribution < -0.4 is 0 Å². The van der Waals surface area contributed by atoms with Gasteiger partial charge in [-0.3, -0.25) is 0 Å². The van der Waals surface area contributed by atoms with Gasteiger partial charge in [0.05, 0.1) is 13.2 Å². The highest BCUT2D eigenvalue weighted by Gasteiger charge is 1.93. The second-order valence-corrected chi connectivity index (χ2v) is 3.19. The lowest BCUT2D eigenvalue weighted by Gasteiger charge is -2.01. The van der Waals surface area contributed by atoms with Gasteiger partial charge < -0.3 is 4.74 Å². The predicted octanol–water partition coefficient (Wildman–Crippen LogP) is 3.10. The highest BCUT2D eigenvalue weighted by molar-refractivity contribution is 6.30. The molecule has 0 unspecified atom stereocenters. The molecule has 0 heterocycles. The SMILES string of the molecule is ClCCOCc1cccc(Cl)c1. The van der Waals surface area contributed by atoms with E-state index in [2.05, 4.69) is 0 Å². The summed E-state index contributed by atoms with van der Waals surface area (Å²) in [5.74, 6) is 0.528. The molecule has 1 aromatic carbocycles. The molecule has 0 bridgehead atoms. The summed E-state index contributed by atoms with van der Waals surface area (Å²) in [6.45, 7) is 1.15. The molecule has 0 N–H and O–H groups in total. The van der Waals surface area contributed by atoms with E-state index >= 15 is 0 Å². The number of alkyl halides is 1. The zero-order valence-electron chi connectivity index (χ0n) is 6.59. The number of ether oxygens (including phenoxy) is 1. The lowest BCUT2D eigenvalue weighted by atomic mass is 10.2. The predicted molar refractivity (Wildman–Crippen MR) is 51.8 cm³/mol. The summed E-state index contributed by atoms with van der Waals surface area (Å²) >= 11 is 11.2. The average molecular weight is 205 g/mol. The van der Waals surface area contributed by atoms with Crippen molar-refractivity contribution in [2.45, 2.75) is 6.61 Å². The number of benzene rings is 1. The molecule has 1 aromatic rings. The van der Waals surface area contributed by atoms with Crippen LogP contribution in [0.15, 0.2) is 24.3 Å². The van der Waals surface area contributed by atoms with Crippen molar-refractivity contribution in [3.63, 3.8) is 0 Å². The lowest BCUT2D eigenvalue weighted by Crippen LogP contribution is -1.95. The van der Waals surface area contributed by atoms with Crippen LogP contribution in [0.5, 0.6) is 0 Å². The average Bonchev–Trinajstić information content (AvgIpc) is 2.05. The fourth-order valence-corrected chi connectivity index (χ4v) is 1.19. The molecule has 0 radical (unpaired) electrons. The van der Waals surface area contributed by atoms with Gasteiger partial charge in [0.25, 0.3) is 0 Å². The van der Waals surface area contributed by atoms with Crippen LogP contribution in [0, 0.1) is 0 Å². The third kappa shape index (κ3) is 3.44. The molecule has 0 aromatic heterocycles. The number of rotatable bonds is 4. The smallest absolute Gasteiger partial charge is 0.0717 e. The first-order valence-electron chi connectivity index (χ1n) is 3.71. The molecule has 0 saturated carbocycles. The fraction of sp³-hybridized carbons (Fsp3) is 0.333. The molecular weight excluding hydrogens is 195 g/mol. The Hall–Kier alpha value is -0.240. The van der Waals surface area contributed by atoms with E-state index < -0.39 is 0 Å². The summed E-state index contributed by atoms with van der Waals surface area (Å²) < 4.78 is 5.23. The Labute approximate surface area is 82.2 Å². The van der Waals surface area contributed by atoms with Gasteiger partial charge in [0.2, 0.25) is 0 Å². The van der Waals surface area contributed by atoms with E-state index in [-0.39, 0.29) is 0 Å². The minimum absolute atomic E-state index is 0.528. The zero-order valence-corrected chi connectivity index (χ0v) is 8.11. The Kier molecular flexibility index (Phi) is 4.44. The Bertz CT molecular complexity index is 238. The minimum atomic E-state index is 0.528. The summed E-state index contributed by atoms with van der Waals surface area (Å²) in [7, 11) is 0. The van der Waals surface area contributed by atoms with Crippen LogP contribution in [0.3, 0.4) is 0 Å². The van der Waals surface area contributed by atoms with Crippen LogP contribution in [0.1, 0.15) is 5.56 Å². The van der Waals surface area contributed by atoms with Crippen LogP contribution >= 0.6 is 23.2 Å². The van der Waals surface area contributed by atoms with Crippen LogP contribution in [0.25, 0.3) is 0 Å². The Morgan fingerprint density at radius 1 is 1.33 bits per heavy atom. The third-order valence-corrected chi connectivity index (χ3v) is 1.77. The monoisotopic (exact) mass is 204 g/mol. The Morgan fingerprint density at radius 2 is 2.17 bits per heavy atom.